The summed E-state index contributed by atoms with van der Waals surface area (Å²) in [6.45, 7) is 1.81. The Labute approximate surface area is 75.6 Å². The van der Waals surface area contributed by atoms with E-state index in [9.17, 15) is 4.79 Å². The molecule has 0 saturated carbocycles. The number of benzene rings is 1. The van der Waals surface area contributed by atoms with E-state index in [4.69, 9.17) is 5.11 Å². The third kappa shape index (κ3) is 1.80. The maximum absolute atomic E-state index is 10.6. The minimum absolute atomic E-state index is 0.382. The molecule has 0 aliphatic heterocycles. The van der Waals surface area contributed by atoms with Crippen LogP contribution in [0, 0.1) is 6.92 Å². The van der Waals surface area contributed by atoms with Crippen LogP contribution in [0.1, 0.15) is 15.9 Å². The monoisotopic (exact) mass is 182 g/mol. The van der Waals surface area contributed by atoms with Gasteiger partial charge >= 0.3 is 5.97 Å². The van der Waals surface area contributed by atoms with Crippen molar-refractivity contribution in [2.24, 2.45) is 0 Å². The molecule has 3 heteroatoms. The second-order valence-corrected chi connectivity index (χ2v) is 3.37. The normalized spacial score (nSPS) is 9.83. The molecule has 1 rings (SSSR count). The van der Waals surface area contributed by atoms with E-state index < -0.39 is 5.97 Å². The van der Waals surface area contributed by atoms with Gasteiger partial charge in [0.05, 0.1) is 5.56 Å². The van der Waals surface area contributed by atoms with Crippen LogP contribution >= 0.6 is 11.8 Å². The fraction of sp³-hybridized carbons (Fsp3) is 0.222. The van der Waals surface area contributed by atoms with Crippen molar-refractivity contribution in [3.05, 3.63) is 29.3 Å². The highest BCUT2D eigenvalue weighted by Gasteiger charge is 2.05. The largest absolute Gasteiger partial charge is 0.478 e. The molecule has 0 amide bonds. The molecule has 0 bridgehead atoms. The Morgan fingerprint density at radius 1 is 1.50 bits per heavy atom. The molecule has 0 aromatic heterocycles. The van der Waals surface area contributed by atoms with Crippen molar-refractivity contribution < 1.29 is 9.90 Å². The lowest BCUT2D eigenvalue weighted by molar-refractivity contribution is 0.0696. The zero-order valence-corrected chi connectivity index (χ0v) is 7.81. The minimum atomic E-state index is -0.861. The van der Waals surface area contributed by atoms with Gasteiger partial charge < -0.3 is 5.11 Å². The lowest BCUT2D eigenvalue weighted by atomic mass is 10.1. The lowest BCUT2D eigenvalue weighted by Crippen LogP contribution is -1.98. The highest BCUT2D eigenvalue weighted by molar-refractivity contribution is 7.98. The molecule has 0 atom stereocenters. The van der Waals surface area contributed by atoms with E-state index in [1.54, 1.807) is 17.8 Å². The van der Waals surface area contributed by atoms with Gasteiger partial charge in [0.1, 0.15) is 0 Å². The van der Waals surface area contributed by atoms with Gasteiger partial charge in [-0.1, -0.05) is 0 Å². The first-order valence-electron chi connectivity index (χ1n) is 3.53. The second-order valence-electron chi connectivity index (χ2n) is 2.49. The van der Waals surface area contributed by atoms with Gasteiger partial charge in [-0.05, 0) is 36.9 Å². The molecular formula is C9H10O2S. The van der Waals surface area contributed by atoms with Gasteiger partial charge in [-0.25, -0.2) is 4.79 Å². The van der Waals surface area contributed by atoms with E-state index in [1.165, 1.54) is 0 Å². The number of hydrogen-bond donors (Lipinski definition) is 1. The quantitative estimate of drug-likeness (QED) is 0.714. The van der Waals surface area contributed by atoms with E-state index in [1.807, 2.05) is 25.3 Å². The molecule has 2 nitrogen and oxygen atoms in total. The number of thioether (sulfide) groups is 1. The number of carbonyl (C=O) groups is 1. The summed E-state index contributed by atoms with van der Waals surface area (Å²) >= 11 is 1.61. The van der Waals surface area contributed by atoms with E-state index in [2.05, 4.69) is 0 Å². The van der Waals surface area contributed by atoms with Gasteiger partial charge in [0, 0.05) is 4.90 Å². The maximum atomic E-state index is 10.6. The SMILES string of the molecule is CSc1ccc(C(=O)O)c(C)c1. The molecule has 1 aromatic rings. The van der Waals surface area contributed by atoms with Gasteiger partial charge in [-0.15, -0.1) is 11.8 Å². The molecule has 0 heterocycles. The molecule has 64 valence electrons. The van der Waals surface area contributed by atoms with E-state index >= 15 is 0 Å². The van der Waals surface area contributed by atoms with Crippen molar-refractivity contribution in [1.29, 1.82) is 0 Å². The highest BCUT2D eigenvalue weighted by Crippen LogP contribution is 2.18. The minimum Gasteiger partial charge on any atom is -0.478 e. The highest BCUT2D eigenvalue weighted by atomic mass is 32.2. The predicted molar refractivity (Wildman–Crippen MR) is 49.9 cm³/mol. The molecular weight excluding hydrogens is 172 g/mol. The van der Waals surface area contributed by atoms with Crippen molar-refractivity contribution >= 4 is 17.7 Å². The molecule has 1 N–H and O–H groups in total. The summed E-state index contributed by atoms with van der Waals surface area (Å²) in [4.78, 5) is 11.7. The van der Waals surface area contributed by atoms with Crippen LogP contribution in [0.5, 0.6) is 0 Å². The molecule has 0 radical (unpaired) electrons. The van der Waals surface area contributed by atoms with Crippen molar-refractivity contribution in [3.63, 3.8) is 0 Å². The van der Waals surface area contributed by atoms with Gasteiger partial charge in [-0.3, -0.25) is 0 Å². The maximum Gasteiger partial charge on any atom is 0.335 e. The zero-order valence-electron chi connectivity index (χ0n) is 7.00. The predicted octanol–water partition coefficient (Wildman–Crippen LogP) is 2.42. The number of aromatic carboxylic acids is 1. The second kappa shape index (κ2) is 3.63. The van der Waals surface area contributed by atoms with Crippen molar-refractivity contribution in [2.45, 2.75) is 11.8 Å². The summed E-state index contributed by atoms with van der Waals surface area (Å²) in [5.74, 6) is -0.861. The lowest BCUT2D eigenvalue weighted by Gasteiger charge is -2.01. The number of rotatable bonds is 2. The van der Waals surface area contributed by atoms with Crippen molar-refractivity contribution in [3.8, 4) is 0 Å². The number of aryl methyl sites for hydroxylation is 1. The number of carboxylic acids is 1. The molecule has 0 unspecified atom stereocenters. The van der Waals surface area contributed by atoms with Crippen LogP contribution < -0.4 is 0 Å². The Bertz CT molecular complexity index is 307. The van der Waals surface area contributed by atoms with Crippen molar-refractivity contribution in [1.82, 2.24) is 0 Å². The van der Waals surface area contributed by atoms with E-state index in [-0.39, 0.29) is 0 Å². The average Bonchev–Trinajstić information content (AvgIpc) is 2.03. The Morgan fingerprint density at radius 3 is 2.58 bits per heavy atom. The fourth-order valence-corrected chi connectivity index (χ4v) is 1.50. The molecule has 0 spiro atoms. The summed E-state index contributed by atoms with van der Waals surface area (Å²) in [5.41, 5.74) is 1.20. The molecule has 0 fully saturated rings. The number of hydrogen-bond acceptors (Lipinski definition) is 2. The zero-order chi connectivity index (χ0) is 9.14. The molecule has 0 aliphatic rings. The Balaban J connectivity index is 3.12. The first-order valence-corrected chi connectivity index (χ1v) is 4.75. The van der Waals surface area contributed by atoms with Crippen LogP contribution in [0.15, 0.2) is 23.1 Å². The summed E-state index contributed by atoms with van der Waals surface area (Å²) in [6, 6.07) is 5.35. The average molecular weight is 182 g/mol. The molecule has 0 aliphatic carbocycles. The first kappa shape index (κ1) is 9.13. The van der Waals surface area contributed by atoms with Gasteiger partial charge in [0.25, 0.3) is 0 Å². The molecule has 12 heavy (non-hydrogen) atoms. The van der Waals surface area contributed by atoms with E-state index in [0.29, 0.717) is 5.56 Å². The van der Waals surface area contributed by atoms with Crippen molar-refractivity contribution in [2.75, 3.05) is 6.26 Å². The smallest absolute Gasteiger partial charge is 0.335 e. The summed E-state index contributed by atoms with van der Waals surface area (Å²) in [7, 11) is 0. The van der Waals surface area contributed by atoms with Gasteiger partial charge in [0.2, 0.25) is 0 Å². The molecule has 1 aromatic carbocycles. The topological polar surface area (TPSA) is 37.3 Å². The Hall–Kier alpha value is -0.960. The Kier molecular flexibility index (Phi) is 2.76. The van der Waals surface area contributed by atoms with E-state index in [0.717, 1.165) is 10.5 Å². The third-order valence-electron chi connectivity index (χ3n) is 1.66. The molecule has 0 saturated heterocycles. The van der Waals surface area contributed by atoms with Gasteiger partial charge in [0.15, 0.2) is 0 Å². The first-order chi connectivity index (χ1) is 5.65. The van der Waals surface area contributed by atoms with Crippen LogP contribution in [0.3, 0.4) is 0 Å². The standard InChI is InChI=1S/C9H10O2S/c1-6-5-7(12-2)3-4-8(6)9(10)11/h3-5H,1-2H3,(H,10,11). The van der Waals surface area contributed by atoms with Crippen LogP contribution in [0.4, 0.5) is 0 Å². The van der Waals surface area contributed by atoms with Crippen LogP contribution in [0.25, 0.3) is 0 Å². The van der Waals surface area contributed by atoms with Gasteiger partial charge in [-0.2, -0.15) is 0 Å². The third-order valence-corrected chi connectivity index (χ3v) is 2.39. The Morgan fingerprint density at radius 2 is 2.17 bits per heavy atom. The van der Waals surface area contributed by atoms with Crippen LogP contribution in [0.2, 0.25) is 0 Å². The fourth-order valence-electron chi connectivity index (χ4n) is 1.00. The van der Waals surface area contributed by atoms with Crippen LogP contribution in [-0.2, 0) is 0 Å². The summed E-state index contributed by atoms with van der Waals surface area (Å²) in [6.07, 6.45) is 1.97. The summed E-state index contributed by atoms with van der Waals surface area (Å²) < 4.78 is 0. The summed E-state index contributed by atoms with van der Waals surface area (Å²) in [5, 5.41) is 8.72. The van der Waals surface area contributed by atoms with Crippen LogP contribution in [-0.4, -0.2) is 17.3 Å². The number of carboxylic acid groups (broad SMARTS) is 1.